The minimum Gasteiger partial charge on any atom is -0.308 e. The van der Waals surface area contributed by atoms with Gasteiger partial charge >= 0.3 is 0 Å². The fourth-order valence-electron chi connectivity index (χ4n) is 2.16. The molecule has 1 atom stereocenters. The number of pyridine rings is 1. The summed E-state index contributed by atoms with van der Waals surface area (Å²) in [5.74, 6) is 5.99. The van der Waals surface area contributed by atoms with Crippen molar-refractivity contribution < 1.29 is 8.42 Å². The summed E-state index contributed by atoms with van der Waals surface area (Å²) in [6.07, 6.45) is 3.43. The van der Waals surface area contributed by atoms with E-state index in [9.17, 15) is 8.42 Å². The van der Waals surface area contributed by atoms with Crippen LogP contribution in [0.3, 0.4) is 0 Å². The van der Waals surface area contributed by atoms with E-state index in [-0.39, 0.29) is 4.90 Å². The van der Waals surface area contributed by atoms with Crippen molar-refractivity contribution in [2.24, 2.45) is 11.8 Å². The number of nitrogen functional groups attached to an aromatic ring is 1. The number of nitrogens with zero attached hydrogens (tertiary/aromatic N) is 2. The van der Waals surface area contributed by atoms with Gasteiger partial charge in [-0.2, -0.15) is 4.31 Å². The molecule has 1 unspecified atom stereocenters. The van der Waals surface area contributed by atoms with Gasteiger partial charge in [0.1, 0.15) is 5.82 Å². The van der Waals surface area contributed by atoms with Crippen LogP contribution in [0.25, 0.3) is 0 Å². The second-order valence-electron chi connectivity index (χ2n) is 4.63. The van der Waals surface area contributed by atoms with Crippen molar-refractivity contribution in [2.75, 3.05) is 18.5 Å². The lowest BCUT2D eigenvalue weighted by atomic mass is 10.0. The smallest absolute Gasteiger partial charge is 0.243 e. The molecule has 1 saturated heterocycles. The SMILES string of the molecule is CC1CCCN(S(=O)(=O)c2ccnc(NN)c2)C1. The first-order valence-electron chi connectivity index (χ1n) is 5.97. The first-order valence-corrected chi connectivity index (χ1v) is 7.41. The zero-order chi connectivity index (χ0) is 13.2. The van der Waals surface area contributed by atoms with Gasteiger partial charge in [0.05, 0.1) is 4.90 Å². The molecule has 7 heteroatoms. The third kappa shape index (κ3) is 2.63. The molecule has 1 aliphatic rings. The van der Waals surface area contributed by atoms with Crippen molar-refractivity contribution in [1.82, 2.24) is 9.29 Å². The van der Waals surface area contributed by atoms with Crippen LogP contribution >= 0.6 is 0 Å². The highest BCUT2D eigenvalue weighted by Crippen LogP contribution is 2.23. The molecule has 18 heavy (non-hydrogen) atoms. The van der Waals surface area contributed by atoms with Crippen LogP contribution in [0.2, 0.25) is 0 Å². The molecule has 1 aromatic heterocycles. The molecule has 0 spiro atoms. The third-order valence-corrected chi connectivity index (χ3v) is 5.00. The Morgan fingerprint density at radius 3 is 3.00 bits per heavy atom. The van der Waals surface area contributed by atoms with Crippen molar-refractivity contribution in [3.63, 3.8) is 0 Å². The predicted molar refractivity (Wildman–Crippen MR) is 69.2 cm³/mol. The molecule has 6 nitrogen and oxygen atoms in total. The molecule has 0 aliphatic carbocycles. The van der Waals surface area contributed by atoms with Crippen molar-refractivity contribution in [2.45, 2.75) is 24.7 Å². The van der Waals surface area contributed by atoms with Crippen LogP contribution in [0.15, 0.2) is 23.2 Å². The lowest BCUT2D eigenvalue weighted by Crippen LogP contribution is -2.39. The Labute approximate surface area is 107 Å². The van der Waals surface area contributed by atoms with E-state index in [4.69, 9.17) is 5.84 Å². The number of hydrazine groups is 1. The van der Waals surface area contributed by atoms with Gasteiger partial charge in [0, 0.05) is 25.4 Å². The molecule has 2 heterocycles. The molecule has 0 radical (unpaired) electrons. The van der Waals surface area contributed by atoms with E-state index in [0.29, 0.717) is 24.8 Å². The van der Waals surface area contributed by atoms with Crippen LogP contribution in [0, 0.1) is 5.92 Å². The summed E-state index contributed by atoms with van der Waals surface area (Å²) >= 11 is 0. The zero-order valence-electron chi connectivity index (χ0n) is 10.3. The second kappa shape index (κ2) is 5.21. The highest BCUT2D eigenvalue weighted by molar-refractivity contribution is 7.89. The topological polar surface area (TPSA) is 88.3 Å². The van der Waals surface area contributed by atoms with E-state index in [1.807, 2.05) is 0 Å². The van der Waals surface area contributed by atoms with Crippen LogP contribution in [-0.4, -0.2) is 30.8 Å². The number of rotatable bonds is 3. The van der Waals surface area contributed by atoms with Gasteiger partial charge in [-0.05, 0) is 24.8 Å². The average Bonchev–Trinajstić information content (AvgIpc) is 2.39. The molecular weight excluding hydrogens is 252 g/mol. The lowest BCUT2D eigenvalue weighted by molar-refractivity contribution is 0.281. The Morgan fingerprint density at radius 2 is 2.33 bits per heavy atom. The number of sulfonamides is 1. The molecule has 0 aromatic carbocycles. The summed E-state index contributed by atoms with van der Waals surface area (Å²) in [6, 6.07) is 2.95. The van der Waals surface area contributed by atoms with E-state index < -0.39 is 10.0 Å². The molecule has 2 rings (SSSR count). The highest BCUT2D eigenvalue weighted by Gasteiger charge is 2.28. The molecule has 1 aliphatic heterocycles. The predicted octanol–water partition coefficient (Wildman–Crippen LogP) is 0.788. The minimum atomic E-state index is -3.43. The second-order valence-corrected chi connectivity index (χ2v) is 6.57. The molecular formula is C11H18N4O2S. The maximum Gasteiger partial charge on any atom is 0.243 e. The Hall–Kier alpha value is -1.18. The molecule has 1 fully saturated rings. The van der Waals surface area contributed by atoms with E-state index in [2.05, 4.69) is 17.3 Å². The molecule has 0 saturated carbocycles. The molecule has 100 valence electrons. The van der Waals surface area contributed by atoms with Gasteiger partial charge in [0.2, 0.25) is 10.0 Å². The third-order valence-electron chi connectivity index (χ3n) is 3.14. The number of nitrogens with two attached hydrogens (primary N) is 1. The number of hydrogen-bond acceptors (Lipinski definition) is 5. The highest BCUT2D eigenvalue weighted by atomic mass is 32.2. The Bertz CT molecular complexity index is 518. The number of hydrogen-bond donors (Lipinski definition) is 2. The van der Waals surface area contributed by atoms with E-state index in [0.717, 1.165) is 12.8 Å². The van der Waals surface area contributed by atoms with Crippen LogP contribution in [-0.2, 0) is 10.0 Å². The first kappa shape index (κ1) is 13.3. The number of nitrogens with one attached hydrogen (secondary N) is 1. The Morgan fingerprint density at radius 1 is 1.56 bits per heavy atom. The summed E-state index contributed by atoms with van der Waals surface area (Å²) in [5.41, 5.74) is 2.36. The molecule has 0 bridgehead atoms. The van der Waals surface area contributed by atoms with Crippen molar-refractivity contribution in [3.8, 4) is 0 Å². The molecule has 0 amide bonds. The van der Waals surface area contributed by atoms with Gasteiger partial charge in [0.15, 0.2) is 0 Å². The molecule has 3 N–H and O–H groups in total. The number of anilines is 1. The number of piperidine rings is 1. The van der Waals surface area contributed by atoms with Gasteiger partial charge in [-0.15, -0.1) is 0 Å². The van der Waals surface area contributed by atoms with Crippen molar-refractivity contribution >= 4 is 15.8 Å². The largest absolute Gasteiger partial charge is 0.308 e. The van der Waals surface area contributed by atoms with Gasteiger partial charge < -0.3 is 5.43 Å². The van der Waals surface area contributed by atoms with Gasteiger partial charge in [0.25, 0.3) is 0 Å². The summed E-state index contributed by atoms with van der Waals surface area (Å²) in [5, 5.41) is 0. The summed E-state index contributed by atoms with van der Waals surface area (Å²) in [7, 11) is -3.43. The zero-order valence-corrected chi connectivity index (χ0v) is 11.2. The standard InChI is InChI=1S/C11H18N4O2S/c1-9-3-2-6-15(8-9)18(16,17)10-4-5-13-11(7-10)14-12/h4-5,7,9H,2-3,6,8,12H2,1H3,(H,13,14). The normalized spacial score (nSPS) is 21.8. The van der Waals surface area contributed by atoms with Crippen molar-refractivity contribution in [3.05, 3.63) is 18.3 Å². The first-order chi connectivity index (χ1) is 8.54. The van der Waals surface area contributed by atoms with Crippen LogP contribution < -0.4 is 11.3 Å². The summed E-state index contributed by atoms with van der Waals surface area (Å²) in [4.78, 5) is 4.15. The van der Waals surface area contributed by atoms with Gasteiger partial charge in [-0.3, -0.25) is 0 Å². The summed E-state index contributed by atoms with van der Waals surface area (Å²) in [6.45, 7) is 3.23. The van der Waals surface area contributed by atoms with Gasteiger partial charge in [-0.25, -0.2) is 19.2 Å². The fourth-order valence-corrected chi connectivity index (χ4v) is 3.78. The Kier molecular flexibility index (Phi) is 3.84. The maximum atomic E-state index is 12.4. The average molecular weight is 270 g/mol. The minimum absolute atomic E-state index is 0.236. The van der Waals surface area contributed by atoms with Gasteiger partial charge in [-0.1, -0.05) is 6.92 Å². The van der Waals surface area contributed by atoms with Crippen LogP contribution in [0.1, 0.15) is 19.8 Å². The fraction of sp³-hybridized carbons (Fsp3) is 0.545. The van der Waals surface area contributed by atoms with E-state index >= 15 is 0 Å². The quantitative estimate of drug-likeness (QED) is 0.626. The monoisotopic (exact) mass is 270 g/mol. The molecule has 1 aromatic rings. The van der Waals surface area contributed by atoms with Crippen molar-refractivity contribution in [1.29, 1.82) is 0 Å². The van der Waals surface area contributed by atoms with Crippen LogP contribution in [0.5, 0.6) is 0 Å². The van der Waals surface area contributed by atoms with E-state index in [1.54, 1.807) is 0 Å². The Balaban J connectivity index is 2.29. The van der Waals surface area contributed by atoms with Crippen LogP contribution in [0.4, 0.5) is 5.82 Å². The lowest BCUT2D eigenvalue weighted by Gasteiger charge is -2.30. The maximum absolute atomic E-state index is 12.4. The van der Waals surface area contributed by atoms with E-state index in [1.165, 1.54) is 22.6 Å². The number of aromatic nitrogens is 1. The summed E-state index contributed by atoms with van der Waals surface area (Å²) < 4.78 is 26.4.